The minimum atomic E-state index is -0.156. The van der Waals surface area contributed by atoms with Gasteiger partial charge in [-0.3, -0.25) is 14.2 Å². The Morgan fingerprint density at radius 1 is 1.13 bits per heavy atom. The van der Waals surface area contributed by atoms with E-state index in [0.717, 1.165) is 60.5 Å². The monoisotopic (exact) mass is 425 g/mol. The molecule has 0 bridgehead atoms. The number of ether oxygens (including phenoxy) is 1. The van der Waals surface area contributed by atoms with Gasteiger partial charge in [-0.25, -0.2) is 4.98 Å². The zero-order valence-corrected chi connectivity index (χ0v) is 18.3. The van der Waals surface area contributed by atoms with E-state index < -0.39 is 0 Å². The van der Waals surface area contributed by atoms with Crippen molar-refractivity contribution in [2.75, 3.05) is 19.7 Å². The molecule has 1 aromatic carbocycles. The molecule has 1 amide bonds. The molecule has 0 spiro atoms. The van der Waals surface area contributed by atoms with Crippen molar-refractivity contribution in [3.05, 3.63) is 45.8 Å². The van der Waals surface area contributed by atoms with E-state index in [1.165, 1.54) is 22.2 Å². The maximum Gasteiger partial charge on any atom is 0.263 e. The van der Waals surface area contributed by atoms with Crippen LogP contribution < -0.4 is 10.3 Å². The van der Waals surface area contributed by atoms with Crippen LogP contribution in [0.5, 0.6) is 5.75 Å². The average molecular weight is 426 g/mol. The van der Waals surface area contributed by atoms with Crippen molar-refractivity contribution in [1.29, 1.82) is 0 Å². The van der Waals surface area contributed by atoms with Crippen molar-refractivity contribution in [2.45, 2.75) is 46.1 Å². The number of hydrogen-bond acceptors (Lipinski definition) is 5. The third kappa shape index (κ3) is 4.12. The first-order valence-corrected chi connectivity index (χ1v) is 11.4. The molecular weight excluding hydrogens is 398 g/mol. The van der Waals surface area contributed by atoms with Gasteiger partial charge < -0.3 is 9.64 Å². The van der Waals surface area contributed by atoms with Crippen molar-refractivity contribution >= 4 is 27.5 Å². The minimum Gasteiger partial charge on any atom is -0.494 e. The number of thiophene rings is 1. The minimum absolute atomic E-state index is 0.00489. The van der Waals surface area contributed by atoms with Gasteiger partial charge in [0.15, 0.2) is 0 Å². The highest BCUT2D eigenvalue weighted by Crippen LogP contribution is 2.36. The number of fused-ring (bicyclic) bond motifs is 1. The summed E-state index contributed by atoms with van der Waals surface area (Å²) in [7, 11) is 0. The highest BCUT2D eigenvalue weighted by molar-refractivity contribution is 7.19. The Hall–Kier alpha value is -2.67. The lowest BCUT2D eigenvalue weighted by atomic mass is 10.0. The van der Waals surface area contributed by atoms with Crippen molar-refractivity contribution in [3.8, 4) is 16.9 Å². The summed E-state index contributed by atoms with van der Waals surface area (Å²) >= 11 is 1.51. The Morgan fingerprint density at radius 3 is 2.50 bits per heavy atom. The molecule has 6 nitrogen and oxygen atoms in total. The van der Waals surface area contributed by atoms with Gasteiger partial charge in [-0.2, -0.15) is 0 Å². The molecule has 1 fully saturated rings. The molecular formula is C23H27N3O3S. The number of carbonyl (C=O) groups is 1. The van der Waals surface area contributed by atoms with Gasteiger partial charge in [0.1, 0.15) is 17.1 Å². The highest BCUT2D eigenvalue weighted by Gasteiger charge is 2.20. The second-order valence-electron chi connectivity index (χ2n) is 7.64. The zero-order valence-electron chi connectivity index (χ0n) is 17.5. The Bertz CT molecular complexity index is 1090. The van der Waals surface area contributed by atoms with Gasteiger partial charge in [-0.15, -0.1) is 11.3 Å². The van der Waals surface area contributed by atoms with Gasteiger partial charge in [-0.1, -0.05) is 25.0 Å². The molecule has 4 rings (SSSR count). The van der Waals surface area contributed by atoms with E-state index in [0.29, 0.717) is 16.8 Å². The first-order chi connectivity index (χ1) is 14.6. The quantitative estimate of drug-likeness (QED) is 0.613. The fourth-order valence-corrected chi connectivity index (χ4v) is 5.05. The molecule has 1 aliphatic heterocycles. The fraction of sp³-hybridized carbons (Fsp3) is 0.435. The molecule has 3 aromatic rings. The number of aryl methyl sites for hydroxylation is 1. The number of hydrogen-bond donors (Lipinski definition) is 0. The lowest BCUT2D eigenvalue weighted by Gasteiger charge is -2.20. The number of nitrogens with zero attached hydrogens (tertiary/aromatic N) is 3. The molecule has 7 heteroatoms. The lowest BCUT2D eigenvalue weighted by Crippen LogP contribution is -2.37. The SMILES string of the molecule is CCOc1ccc(-c2c(C)sc3ncn(CC(=O)N4CCCCCC4)c(=O)c23)cc1. The highest BCUT2D eigenvalue weighted by atomic mass is 32.1. The fourth-order valence-electron chi connectivity index (χ4n) is 4.05. The second kappa shape index (κ2) is 9.00. The second-order valence-corrected chi connectivity index (χ2v) is 8.85. The average Bonchev–Trinajstić information content (AvgIpc) is 2.91. The number of amides is 1. The third-order valence-corrected chi connectivity index (χ3v) is 6.59. The van der Waals surface area contributed by atoms with Gasteiger partial charge in [0.05, 0.1) is 18.3 Å². The Morgan fingerprint density at radius 2 is 1.83 bits per heavy atom. The Kier molecular flexibility index (Phi) is 6.18. The van der Waals surface area contributed by atoms with Crippen LogP contribution in [0.1, 0.15) is 37.5 Å². The summed E-state index contributed by atoms with van der Waals surface area (Å²) in [6, 6.07) is 7.77. The molecule has 1 aliphatic rings. The molecule has 0 saturated carbocycles. The Labute approximate surface area is 180 Å². The van der Waals surface area contributed by atoms with Crippen LogP contribution in [0.3, 0.4) is 0 Å². The predicted octanol–water partition coefficient (Wildman–Crippen LogP) is 4.23. The van der Waals surface area contributed by atoms with Crippen LogP contribution in [0.15, 0.2) is 35.4 Å². The summed E-state index contributed by atoms with van der Waals surface area (Å²) in [6.07, 6.45) is 5.90. The zero-order chi connectivity index (χ0) is 21.1. The third-order valence-electron chi connectivity index (χ3n) is 5.57. The van der Waals surface area contributed by atoms with Gasteiger partial charge in [0.25, 0.3) is 5.56 Å². The predicted molar refractivity (Wildman–Crippen MR) is 120 cm³/mol. The van der Waals surface area contributed by atoms with Crippen molar-refractivity contribution in [1.82, 2.24) is 14.5 Å². The van der Waals surface area contributed by atoms with Crippen LogP contribution in [0.4, 0.5) is 0 Å². The maximum atomic E-state index is 13.3. The van der Waals surface area contributed by atoms with E-state index in [-0.39, 0.29) is 18.0 Å². The maximum absolute atomic E-state index is 13.3. The first-order valence-electron chi connectivity index (χ1n) is 10.6. The van der Waals surface area contributed by atoms with Crippen LogP contribution in [0.25, 0.3) is 21.3 Å². The van der Waals surface area contributed by atoms with Gasteiger partial charge in [0.2, 0.25) is 5.91 Å². The molecule has 3 heterocycles. The molecule has 0 unspecified atom stereocenters. The van der Waals surface area contributed by atoms with Crippen molar-refractivity contribution in [3.63, 3.8) is 0 Å². The van der Waals surface area contributed by atoms with E-state index in [1.54, 1.807) is 0 Å². The van der Waals surface area contributed by atoms with Crippen LogP contribution >= 0.6 is 11.3 Å². The van der Waals surface area contributed by atoms with E-state index in [4.69, 9.17) is 4.74 Å². The van der Waals surface area contributed by atoms with E-state index in [2.05, 4.69) is 4.98 Å². The molecule has 2 aromatic heterocycles. The normalized spacial score (nSPS) is 14.7. The number of rotatable bonds is 5. The molecule has 1 saturated heterocycles. The summed E-state index contributed by atoms with van der Waals surface area (Å²) < 4.78 is 6.99. The molecule has 158 valence electrons. The summed E-state index contributed by atoms with van der Waals surface area (Å²) in [5.74, 6) is 0.798. The molecule has 0 aliphatic carbocycles. The Balaban J connectivity index is 1.68. The van der Waals surface area contributed by atoms with Crippen LogP contribution in [-0.2, 0) is 11.3 Å². The van der Waals surface area contributed by atoms with E-state index in [1.807, 2.05) is 43.0 Å². The van der Waals surface area contributed by atoms with Crippen molar-refractivity contribution < 1.29 is 9.53 Å². The summed E-state index contributed by atoms with van der Waals surface area (Å²) in [5, 5.41) is 0.591. The lowest BCUT2D eigenvalue weighted by molar-refractivity contribution is -0.131. The van der Waals surface area contributed by atoms with Crippen LogP contribution in [0.2, 0.25) is 0 Å². The van der Waals surface area contributed by atoms with E-state index in [9.17, 15) is 9.59 Å². The topological polar surface area (TPSA) is 64.4 Å². The molecule has 0 atom stereocenters. The van der Waals surface area contributed by atoms with E-state index >= 15 is 0 Å². The molecule has 0 N–H and O–H groups in total. The standard InChI is InChI=1S/C23H27N3O3S/c1-3-29-18-10-8-17(9-11-18)20-16(2)30-22-21(20)23(28)26(15-24-22)14-19(27)25-12-6-4-5-7-13-25/h8-11,15H,3-7,12-14H2,1-2H3. The molecule has 30 heavy (non-hydrogen) atoms. The summed E-state index contributed by atoms with van der Waals surface area (Å²) in [6.45, 7) is 6.16. The van der Waals surface area contributed by atoms with Crippen LogP contribution in [-0.4, -0.2) is 40.1 Å². The summed E-state index contributed by atoms with van der Waals surface area (Å²) in [5.41, 5.74) is 1.70. The van der Waals surface area contributed by atoms with Crippen molar-refractivity contribution in [2.24, 2.45) is 0 Å². The van der Waals surface area contributed by atoms with Crippen LogP contribution in [0, 0.1) is 6.92 Å². The number of likely N-dealkylation sites (tertiary alicyclic amines) is 1. The first kappa shape index (κ1) is 20.6. The molecule has 0 radical (unpaired) electrons. The summed E-state index contributed by atoms with van der Waals surface area (Å²) in [4.78, 5) is 34.2. The van der Waals surface area contributed by atoms with Gasteiger partial charge >= 0.3 is 0 Å². The van der Waals surface area contributed by atoms with Gasteiger partial charge in [0, 0.05) is 23.5 Å². The number of carbonyl (C=O) groups excluding carboxylic acids is 1. The number of aromatic nitrogens is 2. The number of benzene rings is 1. The van der Waals surface area contributed by atoms with Gasteiger partial charge in [-0.05, 0) is 44.4 Å². The largest absolute Gasteiger partial charge is 0.494 e. The smallest absolute Gasteiger partial charge is 0.263 e.